The Morgan fingerprint density at radius 3 is 2.58 bits per heavy atom. The standard InChI is InChI=1S/C17H25NO/c1-12-11-16(18-10-6-5-7-13(18)2)17(19)15-9-4-3-8-14(12)15/h3-4,8-9,12-13,16-17,19H,5-7,10-11H2,1-2H3. The number of benzene rings is 1. The molecule has 4 unspecified atom stereocenters. The fourth-order valence-electron chi connectivity index (χ4n) is 3.98. The van der Waals surface area contributed by atoms with E-state index in [1.54, 1.807) is 0 Å². The molecule has 0 spiro atoms. The van der Waals surface area contributed by atoms with Crippen molar-refractivity contribution < 1.29 is 5.11 Å². The van der Waals surface area contributed by atoms with Gasteiger partial charge in [-0.3, -0.25) is 4.90 Å². The van der Waals surface area contributed by atoms with E-state index in [0.29, 0.717) is 18.0 Å². The molecule has 1 saturated heterocycles. The molecule has 104 valence electrons. The number of aliphatic hydroxyl groups is 1. The van der Waals surface area contributed by atoms with Gasteiger partial charge in [-0.15, -0.1) is 0 Å². The van der Waals surface area contributed by atoms with E-state index in [1.807, 2.05) is 0 Å². The summed E-state index contributed by atoms with van der Waals surface area (Å²) in [7, 11) is 0. The molecule has 0 bridgehead atoms. The first-order valence-corrected chi connectivity index (χ1v) is 7.71. The lowest BCUT2D eigenvalue weighted by molar-refractivity contribution is -0.00241. The zero-order valence-electron chi connectivity index (χ0n) is 12.0. The highest BCUT2D eigenvalue weighted by Gasteiger charge is 2.37. The normalized spacial score (nSPS) is 35.9. The number of likely N-dealkylation sites (tertiary alicyclic amines) is 1. The van der Waals surface area contributed by atoms with Gasteiger partial charge < -0.3 is 5.11 Å². The van der Waals surface area contributed by atoms with Crippen molar-refractivity contribution in [1.82, 2.24) is 4.90 Å². The van der Waals surface area contributed by atoms with Crippen LogP contribution in [0.5, 0.6) is 0 Å². The quantitative estimate of drug-likeness (QED) is 0.834. The fraction of sp³-hybridized carbons (Fsp3) is 0.647. The average Bonchev–Trinajstić information content (AvgIpc) is 2.44. The molecule has 4 atom stereocenters. The number of rotatable bonds is 1. The lowest BCUT2D eigenvalue weighted by Crippen LogP contribution is -2.49. The maximum atomic E-state index is 10.8. The highest BCUT2D eigenvalue weighted by molar-refractivity contribution is 5.35. The summed E-state index contributed by atoms with van der Waals surface area (Å²) >= 11 is 0. The molecule has 1 aliphatic heterocycles. The van der Waals surface area contributed by atoms with Crippen LogP contribution in [0.25, 0.3) is 0 Å². The Labute approximate surface area is 116 Å². The number of fused-ring (bicyclic) bond motifs is 1. The van der Waals surface area contributed by atoms with Gasteiger partial charge in [-0.05, 0) is 49.8 Å². The van der Waals surface area contributed by atoms with Crippen molar-refractivity contribution in [3.63, 3.8) is 0 Å². The predicted molar refractivity (Wildman–Crippen MR) is 78.2 cm³/mol. The van der Waals surface area contributed by atoms with Gasteiger partial charge in [-0.2, -0.15) is 0 Å². The summed E-state index contributed by atoms with van der Waals surface area (Å²) in [5.41, 5.74) is 2.50. The average molecular weight is 259 g/mol. The molecule has 0 aromatic heterocycles. The van der Waals surface area contributed by atoms with E-state index in [0.717, 1.165) is 18.5 Å². The predicted octanol–water partition coefficient (Wildman–Crippen LogP) is 3.47. The Bertz CT molecular complexity index is 445. The van der Waals surface area contributed by atoms with Gasteiger partial charge >= 0.3 is 0 Å². The van der Waals surface area contributed by atoms with E-state index in [9.17, 15) is 5.11 Å². The van der Waals surface area contributed by atoms with Crippen molar-refractivity contribution in [2.24, 2.45) is 0 Å². The number of aliphatic hydroxyl groups excluding tert-OH is 1. The van der Waals surface area contributed by atoms with Gasteiger partial charge in [0.15, 0.2) is 0 Å². The summed E-state index contributed by atoms with van der Waals surface area (Å²) in [5, 5.41) is 10.8. The molecular weight excluding hydrogens is 234 g/mol. The lowest BCUT2D eigenvalue weighted by Gasteiger charge is -2.45. The Morgan fingerprint density at radius 1 is 1.11 bits per heavy atom. The molecule has 2 nitrogen and oxygen atoms in total. The van der Waals surface area contributed by atoms with Crippen molar-refractivity contribution >= 4 is 0 Å². The summed E-state index contributed by atoms with van der Waals surface area (Å²) in [4.78, 5) is 2.56. The molecule has 19 heavy (non-hydrogen) atoms. The SMILES string of the molecule is CC1CC(N2CCCCC2C)C(O)c2ccccc21. The zero-order chi connectivity index (χ0) is 13.4. The number of hydrogen-bond donors (Lipinski definition) is 1. The van der Waals surface area contributed by atoms with Crippen LogP contribution >= 0.6 is 0 Å². The van der Waals surface area contributed by atoms with Crippen molar-refractivity contribution in [2.45, 2.75) is 63.6 Å². The number of nitrogens with zero attached hydrogens (tertiary/aromatic N) is 1. The minimum Gasteiger partial charge on any atom is -0.387 e. The summed E-state index contributed by atoms with van der Waals surface area (Å²) in [6.45, 7) is 5.77. The highest BCUT2D eigenvalue weighted by Crippen LogP contribution is 2.41. The summed E-state index contributed by atoms with van der Waals surface area (Å²) in [6, 6.07) is 9.35. The molecule has 2 aliphatic rings. The van der Waals surface area contributed by atoms with Crippen LogP contribution in [-0.2, 0) is 0 Å². The lowest BCUT2D eigenvalue weighted by atomic mass is 9.78. The van der Waals surface area contributed by atoms with Crippen LogP contribution in [0.15, 0.2) is 24.3 Å². The largest absolute Gasteiger partial charge is 0.387 e. The second kappa shape index (κ2) is 5.26. The molecule has 3 rings (SSSR count). The van der Waals surface area contributed by atoms with E-state index in [1.165, 1.54) is 24.8 Å². The molecule has 0 radical (unpaired) electrons. The Hall–Kier alpha value is -0.860. The molecule has 1 N–H and O–H groups in total. The first-order chi connectivity index (χ1) is 9.18. The van der Waals surface area contributed by atoms with E-state index in [-0.39, 0.29) is 6.10 Å². The molecule has 2 heteroatoms. The fourth-order valence-corrected chi connectivity index (χ4v) is 3.98. The van der Waals surface area contributed by atoms with E-state index in [4.69, 9.17) is 0 Å². The van der Waals surface area contributed by atoms with Gasteiger partial charge in [-0.25, -0.2) is 0 Å². The van der Waals surface area contributed by atoms with E-state index >= 15 is 0 Å². The molecule has 1 aromatic rings. The molecule has 1 fully saturated rings. The second-order valence-electron chi connectivity index (χ2n) is 6.36. The molecule has 0 amide bonds. The third-order valence-electron chi connectivity index (χ3n) is 5.09. The second-order valence-corrected chi connectivity index (χ2v) is 6.36. The van der Waals surface area contributed by atoms with E-state index < -0.39 is 0 Å². The topological polar surface area (TPSA) is 23.5 Å². The van der Waals surface area contributed by atoms with Gasteiger partial charge in [0, 0.05) is 12.1 Å². The van der Waals surface area contributed by atoms with Crippen molar-refractivity contribution in [1.29, 1.82) is 0 Å². The summed E-state index contributed by atoms with van der Waals surface area (Å²) in [5.74, 6) is 0.554. The van der Waals surface area contributed by atoms with Crippen LogP contribution in [0.4, 0.5) is 0 Å². The molecule has 0 saturated carbocycles. The van der Waals surface area contributed by atoms with Crippen molar-refractivity contribution in [2.75, 3.05) is 6.54 Å². The van der Waals surface area contributed by atoms with Gasteiger partial charge in [0.05, 0.1) is 6.10 Å². The van der Waals surface area contributed by atoms with Crippen LogP contribution in [0.3, 0.4) is 0 Å². The summed E-state index contributed by atoms with van der Waals surface area (Å²) in [6.07, 6.45) is 4.67. The van der Waals surface area contributed by atoms with E-state index in [2.05, 4.69) is 43.0 Å². The molecule has 1 aromatic carbocycles. The minimum atomic E-state index is -0.312. The maximum absolute atomic E-state index is 10.8. The third kappa shape index (κ3) is 2.32. The maximum Gasteiger partial charge on any atom is 0.0948 e. The van der Waals surface area contributed by atoms with Crippen molar-refractivity contribution in [3.8, 4) is 0 Å². The smallest absolute Gasteiger partial charge is 0.0948 e. The zero-order valence-corrected chi connectivity index (χ0v) is 12.0. The van der Waals surface area contributed by atoms with Crippen LogP contribution in [0, 0.1) is 0 Å². The molecule has 1 aliphatic carbocycles. The minimum absolute atomic E-state index is 0.306. The number of hydrogen-bond acceptors (Lipinski definition) is 2. The van der Waals surface area contributed by atoms with Crippen LogP contribution in [-0.4, -0.2) is 28.6 Å². The van der Waals surface area contributed by atoms with Crippen LogP contribution in [0.1, 0.15) is 62.7 Å². The monoisotopic (exact) mass is 259 g/mol. The summed E-state index contributed by atoms with van der Waals surface area (Å²) < 4.78 is 0. The Kier molecular flexibility index (Phi) is 3.64. The van der Waals surface area contributed by atoms with Gasteiger partial charge in [0.25, 0.3) is 0 Å². The van der Waals surface area contributed by atoms with Crippen molar-refractivity contribution in [3.05, 3.63) is 35.4 Å². The van der Waals surface area contributed by atoms with Gasteiger partial charge in [0.1, 0.15) is 0 Å². The number of piperidine rings is 1. The molecule has 1 heterocycles. The molecular formula is C17H25NO. The first kappa shape index (κ1) is 13.1. The van der Waals surface area contributed by atoms with Crippen LogP contribution in [0.2, 0.25) is 0 Å². The highest BCUT2D eigenvalue weighted by atomic mass is 16.3. The van der Waals surface area contributed by atoms with Gasteiger partial charge in [-0.1, -0.05) is 37.6 Å². The van der Waals surface area contributed by atoms with Gasteiger partial charge in [0.2, 0.25) is 0 Å². The van der Waals surface area contributed by atoms with Crippen LogP contribution < -0.4 is 0 Å². The Morgan fingerprint density at radius 2 is 1.84 bits per heavy atom. The Balaban J connectivity index is 1.89. The first-order valence-electron chi connectivity index (χ1n) is 7.71. The third-order valence-corrected chi connectivity index (χ3v) is 5.09.